The van der Waals surface area contributed by atoms with Gasteiger partial charge in [-0.25, -0.2) is 4.79 Å². The molecule has 2 saturated heterocycles. The number of methoxy groups -OCH3 is 1. The number of esters is 2. The highest BCUT2D eigenvalue weighted by molar-refractivity contribution is 5.90. The fourth-order valence-electron chi connectivity index (χ4n) is 9.31. The molecule has 2 heterocycles. The number of carbonyl (C=O) groups is 3. The summed E-state index contributed by atoms with van der Waals surface area (Å²) < 4.78 is 18.5. The fourth-order valence-corrected chi connectivity index (χ4v) is 9.31. The highest BCUT2D eigenvalue weighted by atomic mass is 16.6. The molecule has 0 aromatic heterocycles. The number of rotatable bonds is 22. The summed E-state index contributed by atoms with van der Waals surface area (Å²) in [7, 11) is 1.51. The third-order valence-electron chi connectivity index (χ3n) is 12.5. The number of amides is 1. The summed E-state index contributed by atoms with van der Waals surface area (Å²) in [6, 6.07) is 5.30. The molecule has 55 heavy (non-hydrogen) atoms. The maximum atomic E-state index is 14.8. The molecule has 3 fully saturated rings. The number of fused-ring (bicyclic) bond motifs is 1. The van der Waals surface area contributed by atoms with Crippen LogP contribution in [0.5, 0.6) is 11.5 Å². The van der Waals surface area contributed by atoms with E-state index in [1.807, 2.05) is 12.1 Å². The number of aliphatic hydroxyl groups excluding tert-OH is 2. The van der Waals surface area contributed by atoms with Gasteiger partial charge in [0, 0.05) is 31.7 Å². The van der Waals surface area contributed by atoms with Gasteiger partial charge >= 0.3 is 11.9 Å². The van der Waals surface area contributed by atoms with Crippen molar-refractivity contribution in [1.82, 2.24) is 16.0 Å². The number of benzene rings is 1. The molecule has 312 valence electrons. The number of hydrogen-bond acceptors (Lipinski definition) is 11. The van der Waals surface area contributed by atoms with Crippen molar-refractivity contribution >= 4 is 17.8 Å². The molecule has 6 N–H and O–H groups in total. The molecule has 1 saturated carbocycles. The molecule has 0 bridgehead atoms. The Hall–Kier alpha value is -2.93. The third-order valence-corrected chi connectivity index (χ3v) is 12.5. The minimum absolute atomic E-state index is 0.0130. The Morgan fingerprint density at radius 2 is 1.73 bits per heavy atom. The number of piperidine rings is 2. The normalized spacial score (nSPS) is 23.8. The Labute approximate surface area is 329 Å². The second kappa shape index (κ2) is 21.6. The highest BCUT2D eigenvalue weighted by Crippen LogP contribution is 2.46. The Morgan fingerprint density at radius 3 is 2.42 bits per heavy atom. The molecule has 4 rings (SSSR count). The van der Waals surface area contributed by atoms with Crippen LogP contribution in [0, 0.1) is 23.2 Å². The van der Waals surface area contributed by atoms with E-state index in [0.29, 0.717) is 95.5 Å². The van der Waals surface area contributed by atoms with Crippen molar-refractivity contribution in [2.75, 3.05) is 33.3 Å². The molecule has 12 nitrogen and oxygen atoms in total. The molecule has 7 atom stereocenters. The topological polar surface area (TPSA) is 176 Å². The lowest BCUT2D eigenvalue weighted by molar-refractivity contribution is -0.179. The van der Waals surface area contributed by atoms with Crippen molar-refractivity contribution in [1.29, 1.82) is 0 Å². The summed E-state index contributed by atoms with van der Waals surface area (Å²) >= 11 is 0. The van der Waals surface area contributed by atoms with Crippen LogP contribution >= 0.6 is 0 Å². The Bertz CT molecular complexity index is 1370. The van der Waals surface area contributed by atoms with E-state index in [2.05, 4.69) is 29.8 Å². The van der Waals surface area contributed by atoms with Crippen LogP contribution in [0.3, 0.4) is 0 Å². The fraction of sp³-hybridized carbons (Fsp3) is 0.791. The zero-order valence-corrected chi connectivity index (χ0v) is 34.2. The minimum Gasteiger partial charge on any atom is -0.504 e. The Morgan fingerprint density at radius 1 is 0.982 bits per heavy atom. The van der Waals surface area contributed by atoms with E-state index in [-0.39, 0.29) is 29.9 Å². The molecular formula is C43H71N3O9. The van der Waals surface area contributed by atoms with Gasteiger partial charge in [0.2, 0.25) is 5.91 Å². The molecule has 1 aliphatic carbocycles. The van der Waals surface area contributed by atoms with Crippen LogP contribution in [0.1, 0.15) is 130 Å². The second-order valence-electron chi connectivity index (χ2n) is 17.2. The largest absolute Gasteiger partial charge is 0.504 e. The molecule has 12 heteroatoms. The van der Waals surface area contributed by atoms with Crippen LogP contribution in [0.2, 0.25) is 0 Å². The quantitative estimate of drug-likeness (QED) is 0.0664. The SMILES string of the molecule is COc1cc(CC2([C@@H](C[C@H](OC(C)=O)[C@@H](CC[C@H](O)CNCCCC(C)C)CC[C@H](C)O)OC(=O)[C@]34CCCC[C@H]3CCC(=O)N4)CCNCC2)ccc1O. The summed E-state index contributed by atoms with van der Waals surface area (Å²) in [5.74, 6) is -0.223. The van der Waals surface area contributed by atoms with Gasteiger partial charge in [-0.1, -0.05) is 32.8 Å². The van der Waals surface area contributed by atoms with Crippen LogP contribution in [-0.4, -0.2) is 96.4 Å². The van der Waals surface area contributed by atoms with Gasteiger partial charge < -0.3 is 45.5 Å². The number of aromatic hydroxyl groups is 1. The van der Waals surface area contributed by atoms with Crippen molar-refractivity contribution in [3.05, 3.63) is 23.8 Å². The molecule has 0 radical (unpaired) electrons. The minimum atomic E-state index is -1.10. The summed E-state index contributed by atoms with van der Waals surface area (Å²) in [5.41, 5.74) is -0.776. The average Bonchev–Trinajstić information content (AvgIpc) is 3.14. The van der Waals surface area contributed by atoms with Gasteiger partial charge in [-0.3, -0.25) is 9.59 Å². The Balaban J connectivity index is 1.69. The van der Waals surface area contributed by atoms with Crippen LogP contribution in [0.15, 0.2) is 18.2 Å². The first-order chi connectivity index (χ1) is 26.3. The zero-order valence-electron chi connectivity index (χ0n) is 34.2. The van der Waals surface area contributed by atoms with Crippen molar-refractivity contribution in [2.45, 2.75) is 160 Å². The molecule has 0 unspecified atom stereocenters. The van der Waals surface area contributed by atoms with Crippen molar-refractivity contribution in [3.63, 3.8) is 0 Å². The van der Waals surface area contributed by atoms with Gasteiger partial charge in [-0.05, 0) is 139 Å². The van der Waals surface area contributed by atoms with Gasteiger partial charge in [0.1, 0.15) is 17.7 Å². The van der Waals surface area contributed by atoms with Gasteiger partial charge in [-0.2, -0.15) is 0 Å². The van der Waals surface area contributed by atoms with E-state index in [9.17, 15) is 29.7 Å². The number of hydrogen-bond donors (Lipinski definition) is 6. The van der Waals surface area contributed by atoms with E-state index < -0.39 is 47.3 Å². The van der Waals surface area contributed by atoms with Crippen molar-refractivity contribution in [3.8, 4) is 11.5 Å². The van der Waals surface area contributed by atoms with Gasteiger partial charge in [0.15, 0.2) is 11.5 Å². The highest BCUT2D eigenvalue weighted by Gasteiger charge is 2.54. The van der Waals surface area contributed by atoms with Crippen LogP contribution in [0.4, 0.5) is 0 Å². The lowest BCUT2D eigenvalue weighted by Gasteiger charge is -2.49. The van der Waals surface area contributed by atoms with E-state index in [0.717, 1.165) is 44.2 Å². The van der Waals surface area contributed by atoms with Crippen molar-refractivity contribution in [2.24, 2.45) is 23.2 Å². The van der Waals surface area contributed by atoms with E-state index in [1.54, 1.807) is 13.0 Å². The molecule has 1 aromatic carbocycles. The first kappa shape index (κ1) is 44.8. The monoisotopic (exact) mass is 774 g/mol. The number of phenolic OH excluding ortho intramolecular Hbond substituents is 1. The van der Waals surface area contributed by atoms with Gasteiger partial charge in [-0.15, -0.1) is 0 Å². The van der Waals surface area contributed by atoms with Crippen LogP contribution in [0.25, 0.3) is 0 Å². The predicted octanol–water partition coefficient (Wildman–Crippen LogP) is 5.33. The molecule has 1 aromatic rings. The van der Waals surface area contributed by atoms with Crippen molar-refractivity contribution < 1.29 is 43.9 Å². The number of carbonyl (C=O) groups excluding carboxylic acids is 3. The summed E-state index contributed by atoms with van der Waals surface area (Å²) in [6.45, 7) is 10.2. The second-order valence-corrected chi connectivity index (χ2v) is 17.2. The summed E-state index contributed by atoms with van der Waals surface area (Å²) in [4.78, 5) is 40.6. The first-order valence-electron chi connectivity index (χ1n) is 21.1. The van der Waals surface area contributed by atoms with Crippen LogP contribution in [-0.2, 0) is 30.3 Å². The number of ether oxygens (including phenoxy) is 3. The lowest BCUT2D eigenvalue weighted by atomic mass is 9.66. The first-order valence-corrected chi connectivity index (χ1v) is 21.1. The third kappa shape index (κ3) is 13.1. The number of nitrogens with one attached hydrogen (secondary N) is 3. The average molecular weight is 774 g/mol. The summed E-state index contributed by atoms with van der Waals surface area (Å²) in [5, 5.41) is 41.8. The lowest BCUT2D eigenvalue weighted by Crippen LogP contribution is -2.65. The molecule has 1 amide bonds. The predicted molar refractivity (Wildman–Crippen MR) is 212 cm³/mol. The smallest absolute Gasteiger partial charge is 0.332 e. The molecular weight excluding hydrogens is 702 g/mol. The molecule has 3 aliphatic rings. The number of phenols is 1. The van der Waals surface area contributed by atoms with Gasteiger partial charge in [0.05, 0.1) is 19.3 Å². The summed E-state index contributed by atoms with van der Waals surface area (Å²) in [6.07, 6.45) is 7.95. The van der Waals surface area contributed by atoms with E-state index in [1.165, 1.54) is 14.0 Å². The van der Waals surface area contributed by atoms with E-state index >= 15 is 0 Å². The van der Waals surface area contributed by atoms with E-state index in [4.69, 9.17) is 14.2 Å². The maximum absolute atomic E-state index is 14.8. The Kier molecular flexibility index (Phi) is 17.5. The van der Waals surface area contributed by atoms with Crippen LogP contribution < -0.4 is 20.7 Å². The molecule has 0 spiro atoms. The standard InChI is InChI=1S/C43H71N3O9/c1-29(2)9-8-22-45-28-35(49)16-14-33(13-11-30(3)47)37(54-31(4)48)26-39(55-41(52)43-19-7-6-10-34(43)15-18-40(51)46-43)42(20-23-44-24-21-42)27-32-12-17-36(50)38(25-32)53-5/h12,17,25,29-30,33-35,37,39,44-45,47,49-50H,6-11,13-16,18-24,26-28H2,1-5H3,(H,46,51)/t30-,33+,34-,35-,37-,39+,43-/m0/s1. The number of aliphatic hydroxyl groups is 2. The van der Waals surface area contributed by atoms with Gasteiger partial charge in [0.25, 0.3) is 0 Å². The maximum Gasteiger partial charge on any atom is 0.332 e. The molecule has 2 aliphatic heterocycles. The zero-order chi connectivity index (χ0) is 40.0.